The van der Waals surface area contributed by atoms with Crippen LogP contribution in [0.3, 0.4) is 0 Å². The third kappa shape index (κ3) is 42.9. The van der Waals surface area contributed by atoms with Crippen molar-refractivity contribution in [2.45, 2.75) is 55.4 Å². The molecule has 0 rings (SSSR count). The van der Waals surface area contributed by atoms with Crippen LogP contribution in [-0.2, 0) is 0 Å². The van der Waals surface area contributed by atoms with Gasteiger partial charge in [0, 0.05) is 27.7 Å². The molecule has 38 heavy (non-hydrogen) atoms. The molecule has 10 heteroatoms. The number of allylic oxidation sites excluding steroid dienone is 8. The fourth-order valence-electron chi connectivity index (χ4n) is 1.80. The Labute approximate surface area is 309 Å². The standard InChI is InChI=1S/4C7H13N2.2Sr/c4*1-6(8-3)5-7(2)9-4;;/h4*5H,1-4H3;;/q4*-1;2*+2/p+4. The Balaban J connectivity index is -0.0000000883. The number of hydrogen-bond donors (Lipinski definition) is 4. The van der Waals surface area contributed by atoms with Crippen LogP contribution in [-0.4, -0.2) is 170 Å². The monoisotopic (exact) mass is 680 g/mol. The summed E-state index contributed by atoms with van der Waals surface area (Å²) in [4.78, 5) is 12.0. The Morgan fingerprint density at radius 3 is 0.579 bits per heavy atom. The molecule has 0 atom stereocenters. The fraction of sp³-hybridized carbons (Fsp3) is 0.571. The number of nitrogens with zero attached hydrogens (tertiary/aromatic N) is 4. The van der Waals surface area contributed by atoms with Crippen LogP contribution < -0.4 is 20.0 Å². The first-order valence-corrected chi connectivity index (χ1v) is 12.0. The molecule has 208 valence electrons. The SMILES string of the molecule is C[N-]C(C)=CC(C)=[NH+]C.C[N-]C(C)=CC(C)=[NH+]C.C[N-]C(C)=CC(C)=[NH+]C.C[N-]C(C)=CC(C)=[NH+]C.[Sr+2].[Sr+2]. The second kappa shape index (κ2) is 36.8. The molecule has 0 aromatic rings. The largest absolute Gasteiger partial charge is 2.00 e. The second-order valence-corrected chi connectivity index (χ2v) is 7.77. The molecule has 0 saturated carbocycles. The predicted molar refractivity (Wildman–Crippen MR) is 174 cm³/mol. The molecule has 0 amide bonds. The molecule has 0 bridgehead atoms. The van der Waals surface area contributed by atoms with Crippen LogP contribution in [0, 0.1) is 0 Å². The fourth-order valence-corrected chi connectivity index (χ4v) is 1.80. The normalized spacial score (nSPS) is 13.1. The van der Waals surface area contributed by atoms with Crippen LogP contribution in [0.5, 0.6) is 0 Å². The third-order valence-corrected chi connectivity index (χ3v) is 4.69. The third-order valence-electron chi connectivity index (χ3n) is 4.69. The Kier molecular flexibility index (Phi) is 49.0. The zero-order chi connectivity index (χ0) is 29.1. The van der Waals surface area contributed by atoms with E-state index in [4.69, 9.17) is 0 Å². The summed E-state index contributed by atoms with van der Waals surface area (Å²) in [6.45, 7) is 15.9. The van der Waals surface area contributed by atoms with Crippen molar-refractivity contribution in [3.63, 3.8) is 0 Å². The van der Waals surface area contributed by atoms with Gasteiger partial charge in [0.15, 0.2) is 22.8 Å². The summed E-state index contributed by atoms with van der Waals surface area (Å²) in [5.41, 5.74) is 8.72. The molecule has 0 radical (unpaired) electrons. The van der Waals surface area contributed by atoms with Crippen molar-refractivity contribution in [3.05, 3.63) is 68.4 Å². The van der Waals surface area contributed by atoms with Crippen LogP contribution in [0.2, 0.25) is 0 Å². The molecular formula is C28H56N8Sr2+4. The minimum absolute atomic E-state index is 0. The van der Waals surface area contributed by atoms with Crippen molar-refractivity contribution in [2.75, 3.05) is 56.4 Å². The van der Waals surface area contributed by atoms with Crippen LogP contribution in [0.25, 0.3) is 21.3 Å². The van der Waals surface area contributed by atoms with Crippen LogP contribution in [0.1, 0.15) is 55.4 Å². The molecule has 0 spiro atoms. The minimum Gasteiger partial charge on any atom is -0.690 e. The predicted octanol–water partition coefficient (Wildman–Crippen LogP) is -0.502. The molecule has 0 aliphatic heterocycles. The van der Waals surface area contributed by atoms with Crippen molar-refractivity contribution < 1.29 is 20.0 Å². The van der Waals surface area contributed by atoms with E-state index in [-0.39, 0.29) is 91.0 Å². The van der Waals surface area contributed by atoms with Gasteiger partial charge in [-0.3, -0.25) is 0 Å². The van der Waals surface area contributed by atoms with Crippen LogP contribution >= 0.6 is 0 Å². The summed E-state index contributed by atoms with van der Waals surface area (Å²) in [5, 5.41) is 15.9. The summed E-state index contributed by atoms with van der Waals surface area (Å²) in [5.74, 6) is 0. The van der Waals surface area contributed by atoms with Crippen molar-refractivity contribution in [3.8, 4) is 0 Å². The zero-order valence-corrected chi connectivity index (χ0v) is 34.5. The Morgan fingerprint density at radius 1 is 0.368 bits per heavy atom. The van der Waals surface area contributed by atoms with E-state index in [1.54, 1.807) is 28.2 Å². The average molecular weight is 680 g/mol. The van der Waals surface area contributed by atoms with E-state index in [2.05, 4.69) is 41.2 Å². The van der Waals surface area contributed by atoms with Crippen molar-refractivity contribution in [1.82, 2.24) is 0 Å². The van der Waals surface area contributed by atoms with Gasteiger partial charge in [0.05, 0.1) is 0 Å². The molecule has 0 aliphatic carbocycles. The summed E-state index contributed by atoms with van der Waals surface area (Å²) in [6, 6.07) is 0. The van der Waals surface area contributed by atoms with E-state index in [9.17, 15) is 0 Å². The molecule has 0 heterocycles. The zero-order valence-electron chi connectivity index (χ0n) is 27.5. The van der Waals surface area contributed by atoms with E-state index >= 15 is 0 Å². The van der Waals surface area contributed by atoms with Crippen LogP contribution in [0.4, 0.5) is 0 Å². The van der Waals surface area contributed by atoms with Gasteiger partial charge in [-0.15, -0.1) is 28.2 Å². The molecule has 0 fully saturated rings. The van der Waals surface area contributed by atoms with E-state index in [0.29, 0.717) is 0 Å². The van der Waals surface area contributed by atoms with Gasteiger partial charge in [-0.05, 0) is 24.3 Å². The topological polar surface area (TPSA) is 112 Å². The number of rotatable bonds is 8. The Morgan fingerprint density at radius 2 is 0.500 bits per heavy atom. The summed E-state index contributed by atoms with van der Waals surface area (Å²) in [7, 11) is 14.7. The molecule has 0 aromatic heterocycles. The Hall–Kier alpha value is -0.199. The molecule has 4 N–H and O–H groups in total. The van der Waals surface area contributed by atoms with Gasteiger partial charge in [0.25, 0.3) is 0 Å². The van der Waals surface area contributed by atoms with E-state index in [1.807, 2.05) is 108 Å². The van der Waals surface area contributed by atoms with Gasteiger partial charge < -0.3 is 21.3 Å². The number of hydrogen-bond acceptors (Lipinski definition) is 0. The molecule has 0 aromatic carbocycles. The average Bonchev–Trinajstić information content (AvgIpc) is 2.88. The molecule has 0 saturated heterocycles. The van der Waals surface area contributed by atoms with E-state index < -0.39 is 0 Å². The summed E-state index contributed by atoms with van der Waals surface area (Å²) in [6.07, 6.45) is 8.00. The first-order valence-electron chi connectivity index (χ1n) is 12.0. The van der Waals surface area contributed by atoms with Gasteiger partial charge in [-0.25, -0.2) is 20.0 Å². The first-order chi connectivity index (χ1) is 16.8. The molecular weight excluding hydrogens is 624 g/mol. The van der Waals surface area contributed by atoms with E-state index in [0.717, 1.165) is 45.6 Å². The molecule has 0 unspecified atom stereocenters. The van der Waals surface area contributed by atoms with Gasteiger partial charge >= 0.3 is 91.0 Å². The first kappa shape index (κ1) is 50.6. The maximum absolute atomic E-state index is 3.98. The summed E-state index contributed by atoms with van der Waals surface area (Å²) < 4.78 is 0. The quantitative estimate of drug-likeness (QED) is 0.196. The maximum atomic E-state index is 3.98. The van der Waals surface area contributed by atoms with Crippen molar-refractivity contribution in [1.29, 1.82) is 0 Å². The number of nitrogens with one attached hydrogen (secondary N) is 4. The van der Waals surface area contributed by atoms with Crippen molar-refractivity contribution >= 4 is 114 Å². The van der Waals surface area contributed by atoms with Gasteiger partial charge in [-0.2, -0.15) is 22.8 Å². The molecule has 0 aliphatic rings. The Bertz CT molecular complexity index is 683. The van der Waals surface area contributed by atoms with E-state index in [1.165, 1.54) is 0 Å². The smallest absolute Gasteiger partial charge is 0.690 e. The maximum Gasteiger partial charge on any atom is 2.00 e. The van der Waals surface area contributed by atoms with Crippen LogP contribution in [0.15, 0.2) is 47.1 Å². The molecule has 8 nitrogen and oxygen atoms in total. The van der Waals surface area contributed by atoms with Gasteiger partial charge in [0.2, 0.25) is 0 Å². The second-order valence-electron chi connectivity index (χ2n) is 7.77. The summed E-state index contributed by atoms with van der Waals surface area (Å²) >= 11 is 0. The minimum atomic E-state index is 0. The van der Waals surface area contributed by atoms with Gasteiger partial charge in [-0.1, -0.05) is 27.7 Å². The van der Waals surface area contributed by atoms with Crippen molar-refractivity contribution in [2.24, 2.45) is 0 Å². The van der Waals surface area contributed by atoms with Gasteiger partial charge in [0.1, 0.15) is 28.2 Å².